The van der Waals surface area contributed by atoms with Gasteiger partial charge in [0, 0.05) is 5.56 Å². The van der Waals surface area contributed by atoms with Crippen molar-refractivity contribution in [3.63, 3.8) is 0 Å². The van der Waals surface area contributed by atoms with E-state index in [0.29, 0.717) is 11.5 Å². The number of hydrogen-bond donors (Lipinski definition) is 2. The number of benzene rings is 1. The normalized spacial score (nSPS) is 11.1. The van der Waals surface area contributed by atoms with Crippen LogP contribution in [0, 0.1) is 6.92 Å². The molecule has 0 radical (unpaired) electrons. The highest BCUT2D eigenvalue weighted by Crippen LogP contribution is 2.28. The summed E-state index contributed by atoms with van der Waals surface area (Å²) in [5.41, 5.74) is 3.09. The summed E-state index contributed by atoms with van der Waals surface area (Å²) in [6.45, 7) is 1.97. The van der Waals surface area contributed by atoms with Crippen LogP contribution >= 0.6 is 24.8 Å². The largest absolute Gasteiger partial charge is 0.496 e. The lowest BCUT2D eigenvalue weighted by molar-refractivity contribution is -0.115. The molecule has 0 fully saturated rings. The second kappa shape index (κ2) is 7.29. The molecule has 1 aromatic carbocycles. The lowest BCUT2D eigenvalue weighted by Crippen LogP contribution is -2.20. The third-order valence-corrected chi connectivity index (χ3v) is 3.46. The van der Waals surface area contributed by atoms with E-state index in [1.807, 2.05) is 31.2 Å². The van der Waals surface area contributed by atoms with Crippen LogP contribution in [-0.4, -0.2) is 18.5 Å². The first kappa shape index (κ1) is 16.3. The Kier molecular flexibility index (Phi) is 5.41. The predicted octanol–water partition coefficient (Wildman–Crippen LogP) is 3.61. The van der Waals surface area contributed by atoms with Gasteiger partial charge in [0.15, 0.2) is 0 Å². The summed E-state index contributed by atoms with van der Waals surface area (Å²) in [6.07, 6.45) is 1.54. The third-order valence-electron chi connectivity index (χ3n) is 3.01. The number of carbonyl (C=O) groups is 1. The molecule has 1 aromatic heterocycles. The summed E-state index contributed by atoms with van der Waals surface area (Å²) in [4.78, 5) is 11.7. The predicted molar refractivity (Wildman–Crippen MR) is 94.2 cm³/mol. The number of thiol groups is 1. The minimum atomic E-state index is -0.378. The first-order chi connectivity index (χ1) is 10.5. The van der Waals surface area contributed by atoms with E-state index in [1.54, 1.807) is 13.2 Å². The molecule has 2 aromatic rings. The second-order valence-electron chi connectivity index (χ2n) is 4.51. The van der Waals surface area contributed by atoms with Crippen LogP contribution in [0.15, 0.2) is 39.7 Å². The summed E-state index contributed by atoms with van der Waals surface area (Å²) in [5, 5.41) is 2.37. The minimum Gasteiger partial charge on any atom is -0.496 e. The van der Waals surface area contributed by atoms with Gasteiger partial charge >= 0.3 is 0 Å². The molecule has 0 saturated heterocycles. The molecule has 0 aliphatic carbocycles. The van der Waals surface area contributed by atoms with E-state index < -0.39 is 0 Å². The molecule has 1 N–H and O–H groups in total. The standard InChI is InChI=1S/C16H15NO3S2/c1-10-7-11(3-5-13(10)19-2)14-6-4-12(20-14)8-15(22)16(18)17-9-21/h3-9,22H,1-2H3,(H,17,18,21)/b15-8+. The minimum absolute atomic E-state index is 0.216. The van der Waals surface area contributed by atoms with Crippen LogP contribution in [0.5, 0.6) is 5.75 Å². The van der Waals surface area contributed by atoms with Crippen molar-refractivity contribution in [3.05, 3.63) is 46.6 Å². The number of thiocarbonyl (C=S) groups is 1. The average molecular weight is 333 g/mol. The monoisotopic (exact) mass is 333 g/mol. The average Bonchev–Trinajstić information content (AvgIpc) is 2.95. The van der Waals surface area contributed by atoms with Gasteiger partial charge in [-0.25, -0.2) is 0 Å². The number of rotatable bonds is 5. The molecule has 0 saturated carbocycles. The first-order valence-electron chi connectivity index (χ1n) is 6.45. The lowest BCUT2D eigenvalue weighted by atomic mass is 10.1. The van der Waals surface area contributed by atoms with Crippen LogP contribution < -0.4 is 10.1 Å². The zero-order valence-electron chi connectivity index (χ0n) is 12.1. The summed E-state index contributed by atoms with van der Waals surface area (Å²) < 4.78 is 11.0. The third kappa shape index (κ3) is 3.78. The van der Waals surface area contributed by atoms with Crippen LogP contribution in [0.2, 0.25) is 0 Å². The van der Waals surface area contributed by atoms with Crippen molar-refractivity contribution < 1.29 is 13.9 Å². The van der Waals surface area contributed by atoms with Crippen LogP contribution in [0.25, 0.3) is 17.4 Å². The van der Waals surface area contributed by atoms with Crippen molar-refractivity contribution >= 4 is 42.3 Å². The Morgan fingerprint density at radius 2 is 2.14 bits per heavy atom. The van der Waals surface area contributed by atoms with E-state index in [1.165, 1.54) is 6.08 Å². The fourth-order valence-electron chi connectivity index (χ4n) is 1.95. The van der Waals surface area contributed by atoms with Gasteiger partial charge in [-0.2, -0.15) is 0 Å². The van der Waals surface area contributed by atoms with Crippen molar-refractivity contribution in [2.45, 2.75) is 6.92 Å². The highest BCUT2D eigenvalue weighted by Gasteiger charge is 2.08. The van der Waals surface area contributed by atoms with Crippen molar-refractivity contribution in [2.24, 2.45) is 0 Å². The summed E-state index contributed by atoms with van der Waals surface area (Å²) >= 11 is 8.68. The number of carbonyl (C=O) groups excluding carboxylic acids is 1. The zero-order chi connectivity index (χ0) is 16.1. The molecule has 0 aliphatic heterocycles. The van der Waals surface area contributed by atoms with Gasteiger partial charge in [0.1, 0.15) is 17.3 Å². The molecule has 6 heteroatoms. The Labute approximate surface area is 139 Å². The van der Waals surface area contributed by atoms with Crippen molar-refractivity contribution in [1.82, 2.24) is 5.32 Å². The van der Waals surface area contributed by atoms with E-state index in [9.17, 15) is 4.79 Å². The Balaban J connectivity index is 2.24. The van der Waals surface area contributed by atoms with Crippen molar-refractivity contribution in [2.75, 3.05) is 7.11 Å². The smallest absolute Gasteiger partial charge is 0.262 e. The molecule has 0 unspecified atom stereocenters. The quantitative estimate of drug-likeness (QED) is 0.499. The number of amides is 1. The van der Waals surface area contributed by atoms with Gasteiger partial charge in [0.25, 0.3) is 5.91 Å². The van der Waals surface area contributed by atoms with E-state index in [2.05, 4.69) is 30.2 Å². The molecule has 114 valence electrons. The number of furan rings is 1. The summed E-state index contributed by atoms with van der Waals surface area (Å²) in [5.74, 6) is 1.68. The molecule has 1 amide bonds. The molecule has 2 rings (SSSR count). The molecule has 4 nitrogen and oxygen atoms in total. The van der Waals surface area contributed by atoms with E-state index in [0.717, 1.165) is 22.4 Å². The molecule has 1 heterocycles. The van der Waals surface area contributed by atoms with Crippen molar-refractivity contribution in [1.29, 1.82) is 0 Å². The van der Waals surface area contributed by atoms with Gasteiger partial charge in [-0.05, 0) is 48.9 Å². The van der Waals surface area contributed by atoms with Gasteiger partial charge in [0.2, 0.25) is 0 Å². The molecular formula is C16H15NO3S2. The zero-order valence-corrected chi connectivity index (χ0v) is 13.8. The van der Waals surface area contributed by atoms with Crippen LogP contribution in [0.1, 0.15) is 11.3 Å². The Hall–Kier alpha value is -2.05. The van der Waals surface area contributed by atoms with E-state index in [4.69, 9.17) is 9.15 Å². The number of hydrogen-bond acceptors (Lipinski definition) is 5. The number of aryl methyl sites for hydroxylation is 1. The molecule has 0 atom stereocenters. The van der Waals surface area contributed by atoms with Crippen LogP contribution in [-0.2, 0) is 4.79 Å². The lowest BCUT2D eigenvalue weighted by Gasteiger charge is -2.05. The maximum absolute atomic E-state index is 11.5. The molecular weight excluding hydrogens is 318 g/mol. The van der Waals surface area contributed by atoms with Gasteiger partial charge in [0.05, 0.1) is 17.5 Å². The molecule has 22 heavy (non-hydrogen) atoms. The first-order valence-corrected chi connectivity index (χ1v) is 7.37. The van der Waals surface area contributed by atoms with Crippen molar-refractivity contribution in [3.8, 4) is 17.1 Å². The number of ether oxygens (including phenoxy) is 1. The van der Waals surface area contributed by atoms with E-state index >= 15 is 0 Å². The topological polar surface area (TPSA) is 51.5 Å². The Morgan fingerprint density at radius 3 is 2.77 bits per heavy atom. The molecule has 0 aliphatic rings. The van der Waals surface area contributed by atoms with Gasteiger partial charge in [-0.1, -0.05) is 12.2 Å². The highest BCUT2D eigenvalue weighted by atomic mass is 32.1. The SMILES string of the molecule is COc1ccc(-c2ccc(/C=C(/S)C(=O)NC=S)o2)cc1C. The van der Waals surface area contributed by atoms with Gasteiger partial charge in [-0.3, -0.25) is 4.79 Å². The fraction of sp³-hybridized carbons (Fsp3) is 0.125. The maximum Gasteiger partial charge on any atom is 0.262 e. The fourth-order valence-corrected chi connectivity index (χ4v) is 2.24. The Bertz CT molecular complexity index is 735. The van der Waals surface area contributed by atoms with Gasteiger partial charge in [-0.15, -0.1) is 12.6 Å². The molecule has 0 spiro atoms. The van der Waals surface area contributed by atoms with Gasteiger partial charge < -0.3 is 14.5 Å². The summed E-state index contributed by atoms with van der Waals surface area (Å²) in [7, 11) is 1.64. The second-order valence-corrected chi connectivity index (χ2v) is 5.22. The summed E-state index contributed by atoms with van der Waals surface area (Å²) in [6, 6.07) is 9.39. The maximum atomic E-state index is 11.5. The highest BCUT2D eigenvalue weighted by molar-refractivity contribution is 7.85. The number of methoxy groups -OCH3 is 1. The van der Waals surface area contributed by atoms with Crippen LogP contribution in [0.4, 0.5) is 0 Å². The number of nitrogens with one attached hydrogen (secondary N) is 1. The van der Waals surface area contributed by atoms with E-state index in [-0.39, 0.29) is 10.8 Å². The molecule has 0 bridgehead atoms. The Morgan fingerprint density at radius 1 is 1.36 bits per heavy atom. The van der Waals surface area contributed by atoms with Crippen LogP contribution in [0.3, 0.4) is 0 Å².